The van der Waals surface area contributed by atoms with Crippen LogP contribution in [-0.4, -0.2) is 46.0 Å². The average molecular weight is 415 g/mol. The number of carbonyl (C=O) groups is 4. The molecular formula is C20H15F2N3O5. The molecule has 8 nitrogen and oxygen atoms in total. The van der Waals surface area contributed by atoms with Crippen LogP contribution in [0.3, 0.4) is 0 Å². The van der Waals surface area contributed by atoms with E-state index in [1.165, 1.54) is 24.3 Å². The van der Waals surface area contributed by atoms with Crippen LogP contribution in [0.25, 0.3) is 0 Å². The Kier molecular flexibility index (Phi) is 4.88. The van der Waals surface area contributed by atoms with Crippen LogP contribution in [0.5, 0.6) is 0 Å². The molecule has 0 radical (unpaired) electrons. The fourth-order valence-corrected chi connectivity index (χ4v) is 3.59. The van der Waals surface area contributed by atoms with Crippen LogP contribution >= 0.6 is 0 Å². The molecule has 4 rings (SSSR count). The van der Waals surface area contributed by atoms with Crippen molar-refractivity contribution in [3.8, 4) is 0 Å². The molecule has 4 amide bonds. The van der Waals surface area contributed by atoms with Gasteiger partial charge in [0.15, 0.2) is 0 Å². The largest absolute Gasteiger partial charge is 0.312 e. The van der Waals surface area contributed by atoms with Crippen LogP contribution < -0.4 is 9.80 Å². The number of hydroxylamine groups is 2. The Hall–Kier alpha value is -3.50. The van der Waals surface area contributed by atoms with Gasteiger partial charge in [-0.2, -0.15) is 5.06 Å². The second-order valence-electron chi connectivity index (χ2n) is 6.91. The lowest BCUT2D eigenvalue weighted by Crippen LogP contribution is -2.49. The predicted molar refractivity (Wildman–Crippen MR) is 98.2 cm³/mol. The molecule has 1 N–H and O–H groups in total. The molecule has 0 bridgehead atoms. The third kappa shape index (κ3) is 3.25. The van der Waals surface area contributed by atoms with Gasteiger partial charge in [0.2, 0.25) is 11.8 Å². The first-order chi connectivity index (χ1) is 14.3. The number of imide groups is 2. The summed E-state index contributed by atoms with van der Waals surface area (Å²) in [6.07, 6.45) is -0.831. The Labute approximate surface area is 168 Å². The van der Waals surface area contributed by atoms with E-state index >= 15 is 0 Å². The van der Waals surface area contributed by atoms with Gasteiger partial charge >= 0.3 is 0 Å². The van der Waals surface area contributed by atoms with Gasteiger partial charge in [-0.3, -0.25) is 19.2 Å². The Morgan fingerprint density at radius 2 is 1.03 bits per heavy atom. The molecule has 2 aliphatic heterocycles. The van der Waals surface area contributed by atoms with Crippen LogP contribution in [0.1, 0.15) is 12.8 Å². The fraction of sp³-hybridized carbons (Fsp3) is 0.200. The monoisotopic (exact) mass is 415 g/mol. The van der Waals surface area contributed by atoms with E-state index in [1.54, 1.807) is 0 Å². The molecule has 0 saturated carbocycles. The predicted octanol–water partition coefficient (Wildman–Crippen LogP) is 1.62. The minimum Gasteiger partial charge on any atom is -0.312 e. The molecule has 0 spiro atoms. The minimum atomic E-state index is -1.38. The van der Waals surface area contributed by atoms with Crippen LogP contribution in [0.15, 0.2) is 48.5 Å². The number of hydrogen-bond acceptors (Lipinski definition) is 6. The Morgan fingerprint density at radius 3 is 1.37 bits per heavy atom. The Bertz CT molecular complexity index is 958. The molecule has 2 saturated heterocycles. The summed E-state index contributed by atoms with van der Waals surface area (Å²) in [7, 11) is 0. The van der Waals surface area contributed by atoms with E-state index in [-0.39, 0.29) is 11.4 Å². The normalized spacial score (nSPS) is 22.0. The Morgan fingerprint density at radius 1 is 0.700 bits per heavy atom. The van der Waals surface area contributed by atoms with E-state index in [1.807, 2.05) is 0 Å². The molecule has 10 heteroatoms. The zero-order valence-electron chi connectivity index (χ0n) is 15.4. The molecule has 0 aromatic heterocycles. The molecule has 154 valence electrons. The maximum Gasteiger partial charge on any atom is 0.254 e. The van der Waals surface area contributed by atoms with Crippen molar-refractivity contribution in [2.75, 3.05) is 9.80 Å². The zero-order valence-corrected chi connectivity index (χ0v) is 15.4. The SMILES string of the molecule is O=C1C[C@H](N(O)[C@H]2CC(=O)N(c3ccc(F)cc3)C2=O)C(=O)N1c1ccc(F)cc1. The van der Waals surface area contributed by atoms with Gasteiger partial charge in [-0.05, 0) is 48.5 Å². The highest BCUT2D eigenvalue weighted by Gasteiger charge is 2.50. The third-order valence-electron chi connectivity index (χ3n) is 5.05. The molecule has 30 heavy (non-hydrogen) atoms. The van der Waals surface area contributed by atoms with Crippen LogP contribution in [0.4, 0.5) is 20.2 Å². The third-order valence-corrected chi connectivity index (χ3v) is 5.05. The highest BCUT2D eigenvalue weighted by molar-refractivity contribution is 6.24. The van der Waals surface area contributed by atoms with E-state index in [4.69, 9.17) is 0 Å². The van der Waals surface area contributed by atoms with Crippen molar-refractivity contribution in [3.05, 3.63) is 60.2 Å². The smallest absolute Gasteiger partial charge is 0.254 e. The van der Waals surface area contributed by atoms with Crippen molar-refractivity contribution in [1.29, 1.82) is 0 Å². The van der Waals surface area contributed by atoms with Gasteiger partial charge in [0.25, 0.3) is 11.8 Å². The number of halogens is 2. The first-order valence-corrected chi connectivity index (χ1v) is 9.00. The molecule has 2 aliphatic rings. The molecule has 2 heterocycles. The summed E-state index contributed by atoms with van der Waals surface area (Å²) in [5.41, 5.74) is 0.258. The van der Waals surface area contributed by atoms with E-state index in [0.29, 0.717) is 5.06 Å². The summed E-state index contributed by atoms with van der Waals surface area (Å²) in [5.74, 6) is -3.96. The van der Waals surface area contributed by atoms with Crippen LogP contribution in [0, 0.1) is 11.6 Å². The van der Waals surface area contributed by atoms with E-state index in [0.717, 1.165) is 34.1 Å². The number of anilines is 2. The lowest BCUT2D eigenvalue weighted by Gasteiger charge is -2.25. The summed E-state index contributed by atoms with van der Waals surface area (Å²) in [5, 5.41) is 11.0. The van der Waals surface area contributed by atoms with Gasteiger partial charge in [0.05, 0.1) is 24.2 Å². The molecule has 2 atom stereocenters. The lowest BCUT2D eigenvalue weighted by atomic mass is 10.1. The minimum absolute atomic E-state index is 0.129. The summed E-state index contributed by atoms with van der Waals surface area (Å²) in [4.78, 5) is 51.7. The van der Waals surface area contributed by atoms with Gasteiger partial charge in [0.1, 0.15) is 23.7 Å². The first kappa shape index (κ1) is 19.8. The second-order valence-corrected chi connectivity index (χ2v) is 6.91. The topological polar surface area (TPSA) is 98.2 Å². The highest BCUT2D eigenvalue weighted by atomic mass is 19.1. The summed E-state index contributed by atoms with van der Waals surface area (Å²) in [6.45, 7) is 0. The average Bonchev–Trinajstić information content (AvgIpc) is 3.18. The van der Waals surface area contributed by atoms with Crippen LogP contribution in [0.2, 0.25) is 0 Å². The van der Waals surface area contributed by atoms with Crippen molar-refractivity contribution >= 4 is 35.0 Å². The maximum atomic E-state index is 13.1. The molecule has 2 fully saturated rings. The van der Waals surface area contributed by atoms with Crippen molar-refractivity contribution in [2.45, 2.75) is 24.9 Å². The van der Waals surface area contributed by atoms with E-state index in [2.05, 4.69) is 0 Å². The van der Waals surface area contributed by atoms with Gasteiger partial charge < -0.3 is 5.21 Å². The van der Waals surface area contributed by atoms with Gasteiger partial charge in [-0.25, -0.2) is 18.6 Å². The number of amides is 4. The standard InChI is InChI=1S/C20H15F2N3O5/c21-11-1-5-13(6-2-11)23-17(26)9-15(19(23)28)25(30)16-10-18(27)24(20(16)29)14-7-3-12(22)4-8-14/h1-8,15-16,30H,9-10H2/t15-,16-/m0/s1. The van der Waals surface area contributed by atoms with Crippen molar-refractivity contribution in [2.24, 2.45) is 0 Å². The number of rotatable bonds is 4. The van der Waals surface area contributed by atoms with Gasteiger partial charge in [-0.1, -0.05) is 0 Å². The summed E-state index contributed by atoms with van der Waals surface area (Å²) in [6, 6.07) is 6.56. The van der Waals surface area contributed by atoms with Crippen molar-refractivity contribution in [1.82, 2.24) is 5.06 Å². The molecular weight excluding hydrogens is 400 g/mol. The number of nitrogens with zero attached hydrogens (tertiary/aromatic N) is 3. The molecule has 2 aromatic rings. The maximum absolute atomic E-state index is 13.1. The molecule has 0 aliphatic carbocycles. The van der Waals surface area contributed by atoms with E-state index in [9.17, 15) is 33.2 Å². The first-order valence-electron chi connectivity index (χ1n) is 9.00. The number of carbonyl (C=O) groups excluding carboxylic acids is 4. The van der Waals surface area contributed by atoms with Crippen LogP contribution in [-0.2, 0) is 19.2 Å². The zero-order chi connectivity index (χ0) is 21.6. The molecule has 2 aromatic carbocycles. The summed E-state index contributed by atoms with van der Waals surface area (Å²) < 4.78 is 26.2. The molecule has 0 unspecified atom stereocenters. The quantitative estimate of drug-likeness (QED) is 0.602. The van der Waals surface area contributed by atoms with Gasteiger partial charge in [-0.15, -0.1) is 0 Å². The van der Waals surface area contributed by atoms with Crippen molar-refractivity contribution in [3.63, 3.8) is 0 Å². The second kappa shape index (κ2) is 7.39. The van der Waals surface area contributed by atoms with Gasteiger partial charge in [0, 0.05) is 0 Å². The highest BCUT2D eigenvalue weighted by Crippen LogP contribution is 2.30. The number of hydrogen-bond donors (Lipinski definition) is 1. The summed E-state index contributed by atoms with van der Waals surface area (Å²) >= 11 is 0. The van der Waals surface area contributed by atoms with Crippen molar-refractivity contribution < 1.29 is 33.2 Å². The van der Waals surface area contributed by atoms with E-state index < -0.39 is 60.2 Å². The Balaban J connectivity index is 1.55. The number of benzene rings is 2. The fourth-order valence-electron chi connectivity index (χ4n) is 3.59. The lowest BCUT2D eigenvalue weighted by molar-refractivity contribution is -0.172.